The van der Waals surface area contributed by atoms with Gasteiger partial charge in [-0.15, -0.1) is 24.8 Å². The molecule has 0 aliphatic carbocycles. The molecule has 0 aromatic carbocycles. The summed E-state index contributed by atoms with van der Waals surface area (Å²) in [5, 5.41) is 0. The van der Waals surface area contributed by atoms with Crippen LogP contribution in [0.5, 0.6) is 0 Å². The number of hydrogen-bond donors (Lipinski definition) is 0. The average Bonchev–Trinajstić information content (AvgIpc) is 2.07. The molecule has 2 nitrogen and oxygen atoms in total. The van der Waals surface area contributed by atoms with E-state index in [1.165, 1.54) is 26.2 Å². The quantitative estimate of drug-likeness (QED) is 0.638. The van der Waals surface area contributed by atoms with Gasteiger partial charge in [0.05, 0.1) is 0 Å². The standard InChI is InChI=1S/2C4H10N.2ClH.Hf/c2*1-3-5-4-2;;;/h2*3-4H2,1-2H3;2*1H;/q2*-1;;;+2. The van der Waals surface area contributed by atoms with Crippen molar-refractivity contribution < 1.29 is 23.5 Å². The molecule has 0 aliphatic heterocycles. The summed E-state index contributed by atoms with van der Waals surface area (Å²) in [6.45, 7) is 14.0. The van der Waals surface area contributed by atoms with E-state index in [1.54, 1.807) is 0 Å². The number of halogens is 2. The molecule has 0 fully saturated rings. The Morgan fingerprint density at radius 1 is 0.692 bits per heavy atom. The molecule has 0 N–H and O–H groups in total. The van der Waals surface area contributed by atoms with E-state index in [2.05, 4.69) is 33.5 Å². The van der Waals surface area contributed by atoms with E-state index in [-0.39, 0.29) is 24.8 Å². The number of rotatable bonds is 6. The second kappa shape index (κ2) is 13.4. The smallest absolute Gasteiger partial charge is 0.147 e. The van der Waals surface area contributed by atoms with Crippen LogP contribution in [0.2, 0.25) is 0 Å². The molecular weight excluding hydrogens is 373 g/mol. The molecule has 0 radical (unpaired) electrons. The topological polar surface area (TPSA) is 6.48 Å². The maximum Gasteiger partial charge on any atom is -0.147 e. The maximum atomic E-state index is 2.63. The van der Waals surface area contributed by atoms with Crippen LogP contribution in [0.15, 0.2) is 0 Å². The molecule has 0 aromatic rings. The molecule has 0 rings (SSSR count). The predicted molar refractivity (Wildman–Crippen MR) is 60.3 cm³/mol. The van der Waals surface area contributed by atoms with Crippen molar-refractivity contribution in [2.24, 2.45) is 0 Å². The van der Waals surface area contributed by atoms with Gasteiger partial charge in [0.25, 0.3) is 0 Å². The number of hydrogen-bond acceptors (Lipinski definition) is 2. The zero-order valence-electron chi connectivity index (χ0n) is 9.04. The largest absolute Gasteiger partial charge is 0.147 e. The first-order valence-electron chi connectivity index (χ1n) is 4.54. The molecule has 5 heteroatoms. The Labute approximate surface area is 107 Å². The summed E-state index contributed by atoms with van der Waals surface area (Å²) in [6.07, 6.45) is 0. The minimum absolute atomic E-state index is 0. The van der Waals surface area contributed by atoms with Gasteiger partial charge in [-0.05, 0) is 0 Å². The maximum absolute atomic E-state index is 2.63. The molecule has 0 saturated heterocycles. The molecule has 82 valence electrons. The van der Waals surface area contributed by atoms with Crippen molar-refractivity contribution in [1.29, 1.82) is 0 Å². The summed E-state index contributed by atoms with van der Waals surface area (Å²) in [7, 11) is 0. The molecule has 0 bridgehead atoms. The third kappa shape index (κ3) is 9.67. The Morgan fingerprint density at radius 2 is 0.923 bits per heavy atom. The molecule has 0 saturated carbocycles. The molecule has 0 aliphatic rings. The number of nitrogens with zero attached hydrogens (tertiary/aromatic N) is 2. The van der Waals surface area contributed by atoms with Crippen LogP contribution >= 0.6 is 24.8 Å². The zero-order valence-corrected chi connectivity index (χ0v) is 14.3. The second-order valence-corrected chi connectivity index (χ2v) is 7.71. The van der Waals surface area contributed by atoms with E-state index >= 15 is 0 Å². The Bertz CT molecular complexity index is 78.2. The second-order valence-electron chi connectivity index (χ2n) is 2.44. The van der Waals surface area contributed by atoms with E-state index in [0.29, 0.717) is 0 Å². The molecule has 0 unspecified atom stereocenters. The molecule has 0 heterocycles. The molecule has 0 amide bonds. The summed E-state index contributed by atoms with van der Waals surface area (Å²) in [5.74, 6) is 0. The van der Waals surface area contributed by atoms with E-state index in [0.717, 1.165) is 0 Å². The van der Waals surface area contributed by atoms with Gasteiger partial charge in [0.2, 0.25) is 0 Å². The van der Waals surface area contributed by atoms with Crippen LogP contribution in [0.25, 0.3) is 0 Å². The zero-order chi connectivity index (χ0) is 8.69. The first-order chi connectivity index (χ1) is 5.28. The van der Waals surface area contributed by atoms with Crippen molar-refractivity contribution >= 4 is 24.8 Å². The van der Waals surface area contributed by atoms with Crippen LogP contribution in [0.1, 0.15) is 27.7 Å². The molecule has 0 spiro atoms. The van der Waals surface area contributed by atoms with Gasteiger partial charge in [0.1, 0.15) is 0 Å². The summed E-state index contributed by atoms with van der Waals surface area (Å²) < 4.78 is 5.26. The van der Waals surface area contributed by atoms with Gasteiger partial charge < -0.3 is 0 Å². The Balaban J connectivity index is -0.000000500. The summed E-state index contributed by atoms with van der Waals surface area (Å²) >= 11 is -0.582. The first-order valence-corrected chi connectivity index (χ1v) is 7.75. The first kappa shape index (κ1) is 19.9. The van der Waals surface area contributed by atoms with Crippen molar-refractivity contribution in [3.8, 4) is 0 Å². The summed E-state index contributed by atoms with van der Waals surface area (Å²) in [5.41, 5.74) is 0. The van der Waals surface area contributed by atoms with Crippen molar-refractivity contribution in [3.63, 3.8) is 0 Å². The van der Waals surface area contributed by atoms with Crippen molar-refractivity contribution in [1.82, 2.24) is 5.78 Å². The third-order valence-corrected chi connectivity index (χ3v) is 8.39. The van der Waals surface area contributed by atoms with Gasteiger partial charge >= 0.3 is 83.1 Å². The van der Waals surface area contributed by atoms with Crippen LogP contribution in [0.3, 0.4) is 0 Å². The van der Waals surface area contributed by atoms with Crippen LogP contribution in [-0.2, 0) is 23.5 Å². The van der Waals surface area contributed by atoms with Gasteiger partial charge in [-0.3, -0.25) is 0 Å². The molecule has 13 heavy (non-hydrogen) atoms. The van der Waals surface area contributed by atoms with E-state index in [1.807, 2.05) is 0 Å². The Hall–Kier alpha value is 1.37. The minimum atomic E-state index is -0.582. The fourth-order valence-corrected chi connectivity index (χ4v) is 4.40. The molecule has 0 atom stereocenters. The molecule has 0 aromatic heterocycles. The monoisotopic (exact) mass is 396 g/mol. The minimum Gasteiger partial charge on any atom is -0.147 e. The summed E-state index contributed by atoms with van der Waals surface area (Å²) in [4.78, 5) is 0. The van der Waals surface area contributed by atoms with Crippen molar-refractivity contribution in [2.75, 3.05) is 26.2 Å². The van der Waals surface area contributed by atoms with Gasteiger partial charge in [-0.2, -0.15) is 0 Å². The van der Waals surface area contributed by atoms with Gasteiger partial charge in [-0.25, -0.2) is 0 Å². The van der Waals surface area contributed by atoms with Gasteiger partial charge in [-0.1, -0.05) is 0 Å². The van der Waals surface area contributed by atoms with Gasteiger partial charge in [0, 0.05) is 0 Å². The third-order valence-electron chi connectivity index (χ3n) is 1.81. The van der Waals surface area contributed by atoms with Gasteiger partial charge in [0.15, 0.2) is 0 Å². The SMILES string of the molecule is CC[N](CC)[Hf][N](CC)CC.Cl.Cl. The molecular formula is C8H22Cl2HfN2. The van der Waals surface area contributed by atoms with Crippen LogP contribution in [-0.4, -0.2) is 32.0 Å². The predicted octanol–water partition coefficient (Wildman–Crippen LogP) is 2.43. The Kier molecular flexibility index (Phi) is 20.4. The summed E-state index contributed by atoms with van der Waals surface area (Å²) in [6, 6.07) is 0. The van der Waals surface area contributed by atoms with Crippen LogP contribution in [0.4, 0.5) is 0 Å². The van der Waals surface area contributed by atoms with E-state index in [9.17, 15) is 0 Å². The van der Waals surface area contributed by atoms with Crippen LogP contribution in [0, 0.1) is 0 Å². The normalized spacial score (nSPS) is 9.38. The van der Waals surface area contributed by atoms with Crippen molar-refractivity contribution in [3.05, 3.63) is 0 Å². The van der Waals surface area contributed by atoms with E-state index in [4.69, 9.17) is 0 Å². The van der Waals surface area contributed by atoms with Crippen molar-refractivity contribution in [2.45, 2.75) is 27.7 Å². The van der Waals surface area contributed by atoms with E-state index < -0.39 is 23.5 Å². The Morgan fingerprint density at radius 3 is 1.08 bits per heavy atom. The fraction of sp³-hybridized carbons (Fsp3) is 1.00. The average molecular weight is 396 g/mol. The van der Waals surface area contributed by atoms with Crippen LogP contribution < -0.4 is 0 Å². The fourth-order valence-electron chi connectivity index (χ4n) is 0.930.